The van der Waals surface area contributed by atoms with Crippen LogP contribution in [0.4, 0.5) is 5.69 Å². The van der Waals surface area contributed by atoms with E-state index in [1.165, 1.54) is 11.6 Å². The molecule has 1 atom stereocenters. The number of carbonyl (C=O) groups excluding carboxylic acids is 1. The van der Waals surface area contributed by atoms with E-state index >= 15 is 0 Å². The SMILES string of the molecule is CCOC(=O)C1CCCN(c2ccnc3c2c(=O)n(C)c(=O)n3C)C1. The minimum Gasteiger partial charge on any atom is -0.466 e. The molecule has 2 aromatic rings. The van der Waals surface area contributed by atoms with E-state index < -0.39 is 5.69 Å². The van der Waals surface area contributed by atoms with Gasteiger partial charge in [0.05, 0.1) is 18.2 Å². The highest BCUT2D eigenvalue weighted by molar-refractivity contribution is 5.89. The van der Waals surface area contributed by atoms with Crippen LogP contribution in [0, 0.1) is 5.92 Å². The Morgan fingerprint density at radius 2 is 2.08 bits per heavy atom. The molecule has 8 nitrogen and oxygen atoms in total. The molecule has 2 aromatic heterocycles. The quantitative estimate of drug-likeness (QED) is 0.749. The number of fused-ring (bicyclic) bond motifs is 1. The van der Waals surface area contributed by atoms with E-state index in [0.29, 0.717) is 29.9 Å². The lowest BCUT2D eigenvalue weighted by molar-refractivity contribution is -0.148. The van der Waals surface area contributed by atoms with Gasteiger partial charge in [0.15, 0.2) is 5.65 Å². The van der Waals surface area contributed by atoms with Crippen LogP contribution >= 0.6 is 0 Å². The van der Waals surface area contributed by atoms with Crippen molar-refractivity contribution >= 4 is 22.7 Å². The number of pyridine rings is 1. The van der Waals surface area contributed by atoms with Crippen LogP contribution in [-0.4, -0.2) is 39.8 Å². The van der Waals surface area contributed by atoms with E-state index in [4.69, 9.17) is 4.74 Å². The summed E-state index contributed by atoms with van der Waals surface area (Å²) in [7, 11) is 3.05. The standard InChI is InChI=1S/C17H22N4O4/c1-4-25-16(23)11-6-5-9-21(10-11)12-7-8-18-14-13(12)15(22)20(3)17(24)19(14)2/h7-8,11H,4-6,9-10H2,1-3H3. The Bertz CT molecular complexity index is 931. The Morgan fingerprint density at radius 3 is 2.80 bits per heavy atom. The summed E-state index contributed by atoms with van der Waals surface area (Å²) in [5.74, 6) is -0.417. The van der Waals surface area contributed by atoms with Gasteiger partial charge in [-0.1, -0.05) is 0 Å². The molecule has 0 bridgehead atoms. The lowest BCUT2D eigenvalue weighted by Crippen LogP contribution is -2.41. The third kappa shape index (κ3) is 2.92. The molecular formula is C17H22N4O4. The summed E-state index contributed by atoms with van der Waals surface area (Å²) in [4.78, 5) is 43.1. The second kappa shape index (κ2) is 6.70. The molecule has 0 aromatic carbocycles. The Hall–Kier alpha value is -2.64. The van der Waals surface area contributed by atoms with E-state index in [1.54, 1.807) is 26.2 Å². The van der Waals surface area contributed by atoms with Crippen molar-refractivity contribution in [1.29, 1.82) is 0 Å². The molecule has 0 saturated carbocycles. The lowest BCUT2D eigenvalue weighted by Gasteiger charge is -2.33. The Balaban J connectivity index is 2.09. The van der Waals surface area contributed by atoms with Crippen LogP contribution in [0.3, 0.4) is 0 Å². The number of ether oxygens (including phenoxy) is 1. The van der Waals surface area contributed by atoms with Crippen molar-refractivity contribution < 1.29 is 9.53 Å². The Kier molecular flexibility index (Phi) is 4.61. The van der Waals surface area contributed by atoms with Crippen LogP contribution in [0.2, 0.25) is 0 Å². The van der Waals surface area contributed by atoms with Gasteiger partial charge in [0.2, 0.25) is 0 Å². The van der Waals surface area contributed by atoms with Gasteiger partial charge in [-0.25, -0.2) is 9.78 Å². The second-order valence-electron chi connectivity index (χ2n) is 6.27. The van der Waals surface area contributed by atoms with E-state index in [-0.39, 0.29) is 17.4 Å². The van der Waals surface area contributed by atoms with Crippen molar-refractivity contribution in [2.45, 2.75) is 19.8 Å². The number of nitrogens with zero attached hydrogens (tertiary/aromatic N) is 4. The third-order valence-corrected chi connectivity index (χ3v) is 4.70. The molecule has 0 amide bonds. The zero-order valence-corrected chi connectivity index (χ0v) is 14.7. The van der Waals surface area contributed by atoms with Gasteiger partial charge in [-0.3, -0.25) is 18.7 Å². The molecule has 1 fully saturated rings. The fourth-order valence-electron chi connectivity index (χ4n) is 3.38. The zero-order chi connectivity index (χ0) is 18.1. The molecule has 3 rings (SSSR count). The highest BCUT2D eigenvalue weighted by atomic mass is 16.5. The van der Waals surface area contributed by atoms with Crippen LogP contribution in [0.15, 0.2) is 21.9 Å². The van der Waals surface area contributed by atoms with Gasteiger partial charge in [-0.2, -0.15) is 0 Å². The summed E-state index contributed by atoms with van der Waals surface area (Å²) >= 11 is 0. The maximum Gasteiger partial charge on any atom is 0.332 e. The van der Waals surface area contributed by atoms with Gasteiger partial charge >= 0.3 is 11.7 Å². The molecule has 1 aliphatic rings. The van der Waals surface area contributed by atoms with Crippen LogP contribution in [0.25, 0.3) is 11.0 Å². The predicted molar refractivity (Wildman–Crippen MR) is 93.8 cm³/mol. The largest absolute Gasteiger partial charge is 0.466 e. The van der Waals surface area contributed by atoms with Crippen LogP contribution in [0.5, 0.6) is 0 Å². The van der Waals surface area contributed by atoms with E-state index in [2.05, 4.69) is 4.98 Å². The van der Waals surface area contributed by atoms with E-state index in [9.17, 15) is 14.4 Å². The number of aryl methyl sites for hydroxylation is 1. The van der Waals surface area contributed by atoms with Crippen LogP contribution in [0.1, 0.15) is 19.8 Å². The number of carbonyl (C=O) groups is 1. The number of anilines is 1. The van der Waals surface area contributed by atoms with Crippen molar-refractivity contribution in [3.63, 3.8) is 0 Å². The van der Waals surface area contributed by atoms with Gasteiger partial charge in [-0.05, 0) is 25.8 Å². The molecule has 0 radical (unpaired) electrons. The monoisotopic (exact) mass is 346 g/mol. The summed E-state index contributed by atoms with van der Waals surface area (Å²) in [6.07, 6.45) is 3.19. The Labute approximate surface area is 144 Å². The van der Waals surface area contributed by atoms with Crippen LogP contribution in [-0.2, 0) is 23.6 Å². The molecule has 25 heavy (non-hydrogen) atoms. The maximum absolute atomic E-state index is 12.7. The summed E-state index contributed by atoms with van der Waals surface area (Å²) in [5, 5.41) is 0.400. The van der Waals surface area contributed by atoms with Crippen molar-refractivity contribution in [3.8, 4) is 0 Å². The molecule has 0 aliphatic carbocycles. The van der Waals surface area contributed by atoms with Gasteiger partial charge < -0.3 is 9.64 Å². The maximum atomic E-state index is 12.7. The lowest BCUT2D eigenvalue weighted by atomic mass is 9.97. The smallest absolute Gasteiger partial charge is 0.332 e. The summed E-state index contributed by atoms with van der Waals surface area (Å²) in [6, 6.07) is 1.77. The van der Waals surface area contributed by atoms with E-state index in [0.717, 1.165) is 24.0 Å². The fourth-order valence-corrected chi connectivity index (χ4v) is 3.38. The number of rotatable bonds is 3. The van der Waals surface area contributed by atoms with Crippen molar-refractivity contribution in [2.24, 2.45) is 20.0 Å². The fraction of sp³-hybridized carbons (Fsp3) is 0.529. The minimum absolute atomic E-state index is 0.203. The first kappa shape index (κ1) is 17.2. The number of hydrogen-bond donors (Lipinski definition) is 0. The first-order valence-electron chi connectivity index (χ1n) is 8.42. The average molecular weight is 346 g/mol. The molecule has 3 heterocycles. The molecule has 8 heteroatoms. The second-order valence-corrected chi connectivity index (χ2v) is 6.27. The topological polar surface area (TPSA) is 86.4 Å². The molecule has 1 unspecified atom stereocenters. The predicted octanol–water partition coefficient (Wildman–Crippen LogP) is 0.412. The normalized spacial score (nSPS) is 17.7. The molecule has 0 N–H and O–H groups in total. The van der Waals surface area contributed by atoms with Gasteiger partial charge in [0.25, 0.3) is 5.56 Å². The number of aromatic nitrogens is 3. The molecular weight excluding hydrogens is 324 g/mol. The highest BCUT2D eigenvalue weighted by Crippen LogP contribution is 2.27. The highest BCUT2D eigenvalue weighted by Gasteiger charge is 2.28. The van der Waals surface area contributed by atoms with Gasteiger partial charge in [0.1, 0.15) is 5.39 Å². The molecule has 134 valence electrons. The van der Waals surface area contributed by atoms with Gasteiger partial charge in [0, 0.05) is 33.4 Å². The van der Waals surface area contributed by atoms with Crippen LogP contribution < -0.4 is 16.1 Å². The van der Waals surface area contributed by atoms with Crippen molar-refractivity contribution in [3.05, 3.63) is 33.1 Å². The summed E-state index contributed by atoms with van der Waals surface area (Å²) in [6.45, 7) is 3.38. The number of esters is 1. The molecule has 1 saturated heterocycles. The first-order chi connectivity index (χ1) is 12.0. The van der Waals surface area contributed by atoms with Crippen molar-refractivity contribution in [1.82, 2.24) is 14.1 Å². The third-order valence-electron chi connectivity index (χ3n) is 4.70. The summed E-state index contributed by atoms with van der Waals surface area (Å²) < 4.78 is 7.59. The molecule has 1 aliphatic heterocycles. The number of hydrogen-bond acceptors (Lipinski definition) is 6. The van der Waals surface area contributed by atoms with Crippen molar-refractivity contribution in [2.75, 3.05) is 24.6 Å². The minimum atomic E-state index is -0.412. The first-order valence-corrected chi connectivity index (χ1v) is 8.42. The summed E-state index contributed by atoms with van der Waals surface area (Å²) in [5.41, 5.74) is 0.267. The zero-order valence-electron chi connectivity index (χ0n) is 14.7. The number of piperidine rings is 1. The Morgan fingerprint density at radius 1 is 1.32 bits per heavy atom. The van der Waals surface area contributed by atoms with E-state index in [1.807, 2.05) is 4.90 Å². The average Bonchev–Trinajstić information content (AvgIpc) is 2.64. The van der Waals surface area contributed by atoms with Gasteiger partial charge in [-0.15, -0.1) is 0 Å². The molecule has 0 spiro atoms.